The number of aromatic nitrogens is 2. The van der Waals surface area contributed by atoms with Crippen LogP contribution in [0.3, 0.4) is 0 Å². The first-order chi connectivity index (χ1) is 9.98. The second-order valence-corrected chi connectivity index (χ2v) is 6.51. The molecule has 0 aliphatic rings. The van der Waals surface area contributed by atoms with Gasteiger partial charge in [0, 0.05) is 16.8 Å². The predicted molar refractivity (Wildman–Crippen MR) is 78.2 cm³/mol. The minimum absolute atomic E-state index is 0.110. The van der Waals surface area contributed by atoms with E-state index in [1.807, 2.05) is 0 Å². The summed E-state index contributed by atoms with van der Waals surface area (Å²) in [4.78, 5) is 8.70. The lowest BCUT2D eigenvalue weighted by Crippen LogP contribution is -2.15. The van der Waals surface area contributed by atoms with Crippen LogP contribution in [0.15, 0.2) is 22.4 Å². The van der Waals surface area contributed by atoms with Gasteiger partial charge < -0.3 is 15.2 Å². The van der Waals surface area contributed by atoms with Crippen LogP contribution >= 0.6 is 11.3 Å². The molecule has 0 saturated carbocycles. The summed E-state index contributed by atoms with van der Waals surface area (Å²) in [7, 11) is -0.965. The van der Waals surface area contributed by atoms with Gasteiger partial charge in [-0.1, -0.05) is 0 Å². The molecule has 0 unspecified atom stereocenters. The highest BCUT2D eigenvalue weighted by Gasteiger charge is 2.18. The van der Waals surface area contributed by atoms with Crippen molar-refractivity contribution in [2.75, 3.05) is 18.9 Å². The molecule has 2 aromatic rings. The van der Waals surface area contributed by atoms with Crippen LogP contribution in [-0.4, -0.2) is 32.6 Å². The number of thiophene rings is 1. The zero-order valence-electron chi connectivity index (χ0n) is 11.4. The first-order valence-corrected chi connectivity index (χ1v) is 8.12. The molecule has 8 nitrogen and oxygen atoms in total. The number of methoxy groups -OCH3 is 2. The molecule has 0 atom stereocenters. The van der Waals surface area contributed by atoms with Crippen molar-refractivity contribution in [2.24, 2.45) is 5.73 Å². The molecule has 0 radical (unpaired) electrons. The van der Waals surface area contributed by atoms with Crippen molar-refractivity contribution < 1.29 is 17.9 Å². The number of anilines is 1. The summed E-state index contributed by atoms with van der Waals surface area (Å²) >= 11 is 1.27. The Labute approximate surface area is 126 Å². The van der Waals surface area contributed by atoms with E-state index in [-0.39, 0.29) is 29.1 Å². The van der Waals surface area contributed by atoms with E-state index in [0.29, 0.717) is 0 Å². The third-order valence-corrected chi connectivity index (χ3v) is 4.88. The lowest BCUT2D eigenvalue weighted by atomic mass is 10.5. The Morgan fingerprint density at radius 3 is 2.33 bits per heavy atom. The van der Waals surface area contributed by atoms with Gasteiger partial charge in [-0.25, -0.2) is 13.1 Å². The minimum atomic E-state index is -3.78. The van der Waals surface area contributed by atoms with Crippen LogP contribution in [0.5, 0.6) is 11.8 Å². The quantitative estimate of drug-likeness (QED) is 0.805. The number of sulfonamides is 1. The summed E-state index contributed by atoms with van der Waals surface area (Å²) in [6.45, 7) is 0.281. The predicted octanol–water partition coefficient (Wildman–Crippen LogP) is 0.815. The fourth-order valence-electron chi connectivity index (χ4n) is 1.45. The highest BCUT2D eigenvalue weighted by Crippen LogP contribution is 2.23. The molecular formula is C11H14N4O4S2. The largest absolute Gasteiger partial charge is 0.481 e. The number of hydrogen-bond donors (Lipinski definition) is 2. The number of nitrogens with two attached hydrogens (primary N) is 1. The van der Waals surface area contributed by atoms with E-state index in [0.717, 1.165) is 4.88 Å². The van der Waals surface area contributed by atoms with Crippen molar-refractivity contribution in [2.45, 2.75) is 11.4 Å². The Hall–Kier alpha value is -1.91. The normalized spacial score (nSPS) is 11.2. The molecule has 0 bridgehead atoms. The average Bonchev–Trinajstić information content (AvgIpc) is 2.96. The zero-order valence-corrected chi connectivity index (χ0v) is 13.0. The molecule has 0 aromatic carbocycles. The summed E-state index contributed by atoms with van der Waals surface area (Å²) in [6, 6.07) is 2.94. The molecule has 0 amide bonds. The molecule has 0 saturated heterocycles. The Bertz CT molecular complexity index is 707. The SMILES string of the molecule is COc1cc(OC)nc(NS(=O)(=O)c2csc(CN)c2)n1. The zero-order chi connectivity index (χ0) is 15.5. The van der Waals surface area contributed by atoms with Crippen LogP contribution in [0, 0.1) is 0 Å². The van der Waals surface area contributed by atoms with Crippen molar-refractivity contribution in [3.05, 3.63) is 22.4 Å². The van der Waals surface area contributed by atoms with Crippen molar-refractivity contribution in [3.8, 4) is 11.8 Å². The van der Waals surface area contributed by atoms with Gasteiger partial charge in [0.2, 0.25) is 17.7 Å². The Balaban J connectivity index is 2.31. The fourth-order valence-corrected chi connectivity index (χ4v) is 3.55. The lowest BCUT2D eigenvalue weighted by Gasteiger charge is -2.08. The van der Waals surface area contributed by atoms with Crippen LogP contribution in [0.25, 0.3) is 0 Å². The molecule has 0 spiro atoms. The second-order valence-electron chi connectivity index (χ2n) is 3.83. The number of nitrogens with one attached hydrogen (secondary N) is 1. The van der Waals surface area contributed by atoms with Crippen molar-refractivity contribution >= 4 is 27.3 Å². The number of hydrogen-bond acceptors (Lipinski definition) is 8. The van der Waals surface area contributed by atoms with E-state index >= 15 is 0 Å². The molecule has 2 aromatic heterocycles. The van der Waals surface area contributed by atoms with E-state index in [9.17, 15) is 8.42 Å². The van der Waals surface area contributed by atoms with E-state index in [4.69, 9.17) is 15.2 Å². The van der Waals surface area contributed by atoms with Crippen molar-refractivity contribution in [1.29, 1.82) is 0 Å². The third-order valence-electron chi connectivity index (χ3n) is 2.46. The molecule has 10 heteroatoms. The first kappa shape index (κ1) is 15.5. The summed E-state index contributed by atoms with van der Waals surface area (Å²) in [5.41, 5.74) is 5.47. The minimum Gasteiger partial charge on any atom is -0.481 e. The molecule has 0 aliphatic heterocycles. The molecule has 0 fully saturated rings. The highest BCUT2D eigenvalue weighted by molar-refractivity contribution is 7.92. The smallest absolute Gasteiger partial charge is 0.265 e. The van der Waals surface area contributed by atoms with Gasteiger partial charge in [-0.05, 0) is 6.07 Å². The summed E-state index contributed by atoms with van der Waals surface area (Å²) in [6.07, 6.45) is 0. The van der Waals surface area contributed by atoms with Gasteiger partial charge in [0.05, 0.1) is 25.2 Å². The van der Waals surface area contributed by atoms with Crippen LogP contribution in [0.1, 0.15) is 4.88 Å². The average molecular weight is 330 g/mol. The molecule has 114 valence electrons. The lowest BCUT2D eigenvalue weighted by molar-refractivity contribution is 0.373. The van der Waals surface area contributed by atoms with Gasteiger partial charge in [0.1, 0.15) is 0 Å². The number of rotatable bonds is 6. The maximum atomic E-state index is 12.2. The summed E-state index contributed by atoms with van der Waals surface area (Å²) < 4.78 is 36.6. The topological polar surface area (TPSA) is 116 Å². The first-order valence-electron chi connectivity index (χ1n) is 5.76. The van der Waals surface area contributed by atoms with Gasteiger partial charge in [-0.3, -0.25) is 0 Å². The van der Waals surface area contributed by atoms with Crippen LogP contribution in [-0.2, 0) is 16.6 Å². The highest BCUT2D eigenvalue weighted by atomic mass is 32.2. The molecule has 21 heavy (non-hydrogen) atoms. The molecule has 3 N–H and O–H groups in total. The van der Waals surface area contributed by atoms with Gasteiger partial charge in [0.15, 0.2) is 0 Å². The van der Waals surface area contributed by atoms with Gasteiger partial charge in [0.25, 0.3) is 10.0 Å². The van der Waals surface area contributed by atoms with E-state index < -0.39 is 10.0 Å². The maximum absolute atomic E-state index is 12.2. The van der Waals surface area contributed by atoms with Crippen LogP contribution in [0.2, 0.25) is 0 Å². The molecule has 2 heterocycles. The number of ether oxygens (including phenoxy) is 2. The summed E-state index contributed by atoms with van der Waals surface area (Å²) in [5, 5.41) is 1.50. The van der Waals surface area contributed by atoms with E-state index in [1.54, 1.807) is 0 Å². The molecule has 2 rings (SSSR count). The fraction of sp³-hybridized carbons (Fsp3) is 0.273. The van der Waals surface area contributed by atoms with Crippen molar-refractivity contribution in [3.63, 3.8) is 0 Å². The molecular weight excluding hydrogens is 316 g/mol. The number of nitrogens with zero attached hydrogens (tertiary/aromatic N) is 2. The second kappa shape index (κ2) is 6.24. The van der Waals surface area contributed by atoms with Gasteiger partial charge in [-0.2, -0.15) is 9.97 Å². The Morgan fingerprint density at radius 2 is 1.86 bits per heavy atom. The van der Waals surface area contributed by atoms with Gasteiger partial charge >= 0.3 is 0 Å². The van der Waals surface area contributed by atoms with Crippen molar-refractivity contribution in [1.82, 2.24) is 9.97 Å². The maximum Gasteiger partial charge on any atom is 0.265 e. The monoisotopic (exact) mass is 330 g/mol. The van der Waals surface area contributed by atoms with E-state index in [1.165, 1.54) is 43.1 Å². The third kappa shape index (κ3) is 3.60. The summed E-state index contributed by atoms with van der Waals surface area (Å²) in [5.74, 6) is 0.242. The Kier molecular flexibility index (Phi) is 4.60. The van der Waals surface area contributed by atoms with Gasteiger partial charge in [-0.15, -0.1) is 11.3 Å². The Morgan fingerprint density at radius 1 is 1.24 bits per heavy atom. The standard InChI is InChI=1S/C11H14N4O4S2/c1-18-9-4-10(19-2)14-11(13-9)15-21(16,17)8-3-7(5-12)20-6-8/h3-4,6H,5,12H2,1-2H3,(H,13,14,15). The van der Waals surface area contributed by atoms with Crippen LogP contribution < -0.4 is 19.9 Å². The van der Waals surface area contributed by atoms with E-state index in [2.05, 4.69) is 14.7 Å². The molecule has 0 aliphatic carbocycles. The van der Waals surface area contributed by atoms with Crippen LogP contribution in [0.4, 0.5) is 5.95 Å².